The maximum atomic E-state index is 11.9. The van der Waals surface area contributed by atoms with Crippen molar-refractivity contribution in [3.05, 3.63) is 33.8 Å². The van der Waals surface area contributed by atoms with Gasteiger partial charge in [-0.3, -0.25) is 20.4 Å². The Morgan fingerprint density at radius 1 is 1.15 bits per heavy atom. The molecule has 0 spiro atoms. The van der Waals surface area contributed by atoms with Gasteiger partial charge in [0.1, 0.15) is 0 Å². The van der Waals surface area contributed by atoms with Crippen molar-refractivity contribution in [1.29, 1.82) is 0 Å². The minimum atomic E-state index is -0.452. The second-order valence-electron chi connectivity index (χ2n) is 4.98. The van der Waals surface area contributed by atoms with E-state index in [1.165, 1.54) is 25.0 Å². The highest BCUT2D eigenvalue weighted by molar-refractivity contribution is 6.36. The number of hydrogen-bond acceptors (Lipinski definition) is 2. The molecule has 108 valence electrons. The smallest absolute Gasteiger partial charge is 0.271 e. The van der Waals surface area contributed by atoms with E-state index < -0.39 is 5.91 Å². The third-order valence-electron chi connectivity index (χ3n) is 3.44. The fourth-order valence-electron chi connectivity index (χ4n) is 2.40. The minimum absolute atomic E-state index is 0.171. The molecule has 4 nitrogen and oxygen atoms in total. The summed E-state index contributed by atoms with van der Waals surface area (Å²) in [6.07, 6.45) is 5.00. The number of rotatable bonds is 3. The molecule has 2 rings (SSSR count). The van der Waals surface area contributed by atoms with E-state index in [1.807, 2.05) is 0 Å². The van der Waals surface area contributed by atoms with Gasteiger partial charge in [-0.1, -0.05) is 36.0 Å². The van der Waals surface area contributed by atoms with Gasteiger partial charge in [0.25, 0.3) is 5.91 Å². The van der Waals surface area contributed by atoms with Crippen LogP contribution in [0.4, 0.5) is 0 Å². The lowest BCUT2D eigenvalue weighted by molar-refractivity contribution is -0.122. The maximum Gasteiger partial charge on any atom is 0.271 e. The molecule has 0 radical (unpaired) electrons. The summed E-state index contributed by atoms with van der Waals surface area (Å²) in [6.45, 7) is 0. The van der Waals surface area contributed by atoms with Crippen LogP contribution in [0.3, 0.4) is 0 Å². The molecule has 0 aliphatic heterocycles. The number of carbonyl (C=O) groups excluding carboxylic acids is 2. The lowest BCUT2D eigenvalue weighted by Crippen LogP contribution is -2.42. The SMILES string of the molecule is O=C(CC1CCCC1)NNC(=O)c1ccc(Cl)cc1Cl. The predicted octanol–water partition coefficient (Wildman–Crippen LogP) is 3.33. The van der Waals surface area contributed by atoms with Crippen molar-refractivity contribution in [1.82, 2.24) is 10.9 Å². The molecule has 1 aromatic rings. The zero-order valence-electron chi connectivity index (χ0n) is 10.9. The van der Waals surface area contributed by atoms with Gasteiger partial charge in [-0.2, -0.15) is 0 Å². The summed E-state index contributed by atoms with van der Waals surface area (Å²) in [5.74, 6) is -0.187. The third-order valence-corrected chi connectivity index (χ3v) is 3.99. The highest BCUT2D eigenvalue weighted by Crippen LogP contribution is 2.27. The third kappa shape index (κ3) is 4.12. The Kier molecular flexibility index (Phi) is 5.26. The normalized spacial score (nSPS) is 15.1. The van der Waals surface area contributed by atoms with Crippen LogP contribution < -0.4 is 10.9 Å². The van der Waals surface area contributed by atoms with E-state index in [-0.39, 0.29) is 16.5 Å². The fourth-order valence-corrected chi connectivity index (χ4v) is 2.89. The first kappa shape index (κ1) is 15.1. The van der Waals surface area contributed by atoms with Gasteiger partial charge in [0, 0.05) is 11.4 Å². The lowest BCUT2D eigenvalue weighted by Gasteiger charge is -2.11. The summed E-state index contributed by atoms with van der Waals surface area (Å²) in [5, 5.41) is 0.705. The van der Waals surface area contributed by atoms with Crippen LogP contribution in [0.25, 0.3) is 0 Å². The Bertz CT molecular complexity index is 514. The Morgan fingerprint density at radius 2 is 1.85 bits per heavy atom. The van der Waals surface area contributed by atoms with Crippen molar-refractivity contribution in [3.8, 4) is 0 Å². The van der Waals surface area contributed by atoms with E-state index in [9.17, 15) is 9.59 Å². The molecule has 20 heavy (non-hydrogen) atoms. The van der Waals surface area contributed by atoms with Gasteiger partial charge in [-0.25, -0.2) is 0 Å². The van der Waals surface area contributed by atoms with Crippen LogP contribution in [-0.2, 0) is 4.79 Å². The summed E-state index contributed by atoms with van der Waals surface area (Å²) in [6, 6.07) is 4.57. The van der Waals surface area contributed by atoms with Gasteiger partial charge in [-0.05, 0) is 37.0 Å². The molecule has 0 atom stereocenters. The van der Waals surface area contributed by atoms with Crippen LogP contribution in [0.5, 0.6) is 0 Å². The molecule has 0 bridgehead atoms. The van der Waals surface area contributed by atoms with Gasteiger partial charge in [0.15, 0.2) is 0 Å². The molecular weight excluding hydrogens is 299 g/mol. The van der Waals surface area contributed by atoms with Gasteiger partial charge < -0.3 is 0 Å². The van der Waals surface area contributed by atoms with Crippen LogP contribution in [0.1, 0.15) is 42.5 Å². The van der Waals surface area contributed by atoms with Gasteiger partial charge in [-0.15, -0.1) is 0 Å². The first-order chi connectivity index (χ1) is 9.56. The van der Waals surface area contributed by atoms with Crippen LogP contribution in [-0.4, -0.2) is 11.8 Å². The van der Waals surface area contributed by atoms with Gasteiger partial charge >= 0.3 is 0 Å². The second kappa shape index (κ2) is 6.95. The number of nitrogens with one attached hydrogen (secondary N) is 2. The Hall–Kier alpha value is -1.26. The summed E-state index contributed by atoms with van der Waals surface area (Å²) < 4.78 is 0. The molecule has 0 unspecified atom stereocenters. The van der Waals surface area contributed by atoms with Gasteiger partial charge in [0.05, 0.1) is 10.6 Å². The van der Waals surface area contributed by atoms with Crippen molar-refractivity contribution >= 4 is 35.0 Å². The van der Waals surface area contributed by atoms with E-state index in [2.05, 4.69) is 10.9 Å². The molecule has 2 N–H and O–H groups in total. The quantitative estimate of drug-likeness (QED) is 0.841. The molecule has 2 amide bonds. The monoisotopic (exact) mass is 314 g/mol. The number of halogens is 2. The fraction of sp³-hybridized carbons (Fsp3) is 0.429. The summed E-state index contributed by atoms with van der Waals surface area (Å²) in [4.78, 5) is 23.6. The van der Waals surface area contributed by atoms with Crippen LogP contribution in [0, 0.1) is 5.92 Å². The first-order valence-corrected chi connectivity index (χ1v) is 7.36. The number of benzene rings is 1. The number of amides is 2. The molecule has 0 saturated heterocycles. The Labute approximate surface area is 127 Å². The number of carbonyl (C=O) groups is 2. The van der Waals surface area contributed by atoms with Crippen molar-refractivity contribution in [3.63, 3.8) is 0 Å². The molecule has 0 aromatic heterocycles. The minimum Gasteiger partial charge on any atom is -0.273 e. The van der Waals surface area contributed by atoms with E-state index >= 15 is 0 Å². The topological polar surface area (TPSA) is 58.2 Å². The molecule has 1 saturated carbocycles. The van der Waals surface area contributed by atoms with Crippen molar-refractivity contribution in [2.75, 3.05) is 0 Å². The molecule has 6 heteroatoms. The highest BCUT2D eigenvalue weighted by Gasteiger charge is 2.19. The van der Waals surface area contributed by atoms with Crippen LogP contribution >= 0.6 is 23.2 Å². The van der Waals surface area contributed by atoms with Crippen LogP contribution in [0.15, 0.2) is 18.2 Å². The predicted molar refractivity (Wildman–Crippen MR) is 78.6 cm³/mol. The van der Waals surface area contributed by atoms with E-state index in [0.717, 1.165) is 12.8 Å². The number of hydrogen-bond donors (Lipinski definition) is 2. The maximum absolute atomic E-state index is 11.9. The molecule has 0 heterocycles. The van der Waals surface area contributed by atoms with Crippen molar-refractivity contribution in [2.45, 2.75) is 32.1 Å². The Morgan fingerprint density at radius 3 is 2.50 bits per heavy atom. The van der Waals surface area contributed by atoms with Crippen molar-refractivity contribution < 1.29 is 9.59 Å². The van der Waals surface area contributed by atoms with E-state index in [1.54, 1.807) is 6.07 Å². The lowest BCUT2D eigenvalue weighted by atomic mass is 10.0. The molecule has 1 aliphatic carbocycles. The molecule has 1 aromatic carbocycles. The first-order valence-electron chi connectivity index (χ1n) is 6.60. The van der Waals surface area contributed by atoms with Crippen molar-refractivity contribution in [2.24, 2.45) is 5.92 Å². The summed E-state index contributed by atoms with van der Waals surface area (Å²) in [5.41, 5.74) is 5.06. The Balaban J connectivity index is 1.83. The zero-order valence-corrected chi connectivity index (χ0v) is 12.4. The average Bonchev–Trinajstić information content (AvgIpc) is 2.89. The summed E-state index contributed by atoms with van der Waals surface area (Å²) >= 11 is 11.7. The number of hydrazine groups is 1. The second-order valence-corrected chi connectivity index (χ2v) is 5.82. The average molecular weight is 315 g/mol. The molecule has 1 fully saturated rings. The summed E-state index contributed by atoms with van der Waals surface area (Å²) in [7, 11) is 0. The molecule has 1 aliphatic rings. The van der Waals surface area contributed by atoms with E-state index in [0.29, 0.717) is 17.4 Å². The largest absolute Gasteiger partial charge is 0.273 e. The standard InChI is InChI=1S/C14H16Cl2N2O2/c15-10-5-6-11(12(16)8-10)14(20)18-17-13(19)7-9-3-1-2-4-9/h5-6,8-9H,1-4,7H2,(H,17,19)(H,18,20). The van der Waals surface area contributed by atoms with E-state index in [4.69, 9.17) is 23.2 Å². The van der Waals surface area contributed by atoms with Crippen LogP contribution in [0.2, 0.25) is 10.0 Å². The molecular formula is C14H16Cl2N2O2. The zero-order chi connectivity index (χ0) is 14.5. The van der Waals surface area contributed by atoms with Gasteiger partial charge in [0.2, 0.25) is 5.91 Å². The highest BCUT2D eigenvalue weighted by atomic mass is 35.5.